The first-order valence-electron chi connectivity index (χ1n) is 11.8. The first-order valence-corrected chi connectivity index (χ1v) is 12.7. The van der Waals surface area contributed by atoms with Gasteiger partial charge in [0.25, 0.3) is 0 Å². The number of ether oxygens (including phenoxy) is 1. The topological polar surface area (TPSA) is 88.5 Å². The lowest BCUT2D eigenvalue weighted by Gasteiger charge is -2.18. The van der Waals surface area contributed by atoms with Crippen molar-refractivity contribution in [3.05, 3.63) is 99.0 Å². The van der Waals surface area contributed by atoms with E-state index in [0.717, 1.165) is 33.2 Å². The molecule has 0 saturated carbocycles. The lowest BCUT2D eigenvalue weighted by atomic mass is 10.0. The van der Waals surface area contributed by atoms with Crippen LogP contribution in [0.25, 0.3) is 6.08 Å². The molecule has 0 unspecified atom stereocenters. The van der Waals surface area contributed by atoms with Gasteiger partial charge >= 0.3 is 5.97 Å². The Bertz CT molecular complexity index is 1230. The third-order valence-corrected chi connectivity index (χ3v) is 6.42. The van der Waals surface area contributed by atoms with Crippen LogP contribution in [0.2, 0.25) is 0 Å². The molecule has 0 aliphatic rings. The monoisotopic (exact) mass is 504 g/mol. The lowest BCUT2D eigenvalue weighted by Crippen LogP contribution is -2.33. The number of carboxylic acids is 1. The van der Waals surface area contributed by atoms with Crippen LogP contribution in [-0.4, -0.2) is 22.0 Å². The Hall–Kier alpha value is -3.71. The van der Waals surface area contributed by atoms with Crippen molar-refractivity contribution >= 4 is 29.3 Å². The molecule has 2 aromatic carbocycles. The van der Waals surface area contributed by atoms with Gasteiger partial charge in [0.2, 0.25) is 5.91 Å². The van der Waals surface area contributed by atoms with Gasteiger partial charge in [-0.05, 0) is 61.3 Å². The minimum absolute atomic E-state index is 0.0358. The van der Waals surface area contributed by atoms with Gasteiger partial charge in [0, 0.05) is 16.9 Å². The molecule has 1 atom stereocenters. The minimum Gasteiger partial charge on any atom is -0.489 e. The third-order valence-electron chi connectivity index (χ3n) is 5.45. The summed E-state index contributed by atoms with van der Waals surface area (Å²) >= 11 is 1.47. The Balaban J connectivity index is 1.73. The number of allylic oxidation sites excluding steroid dienone is 2. The van der Waals surface area contributed by atoms with Gasteiger partial charge in [0.15, 0.2) is 0 Å². The molecule has 188 valence electrons. The molecule has 3 aromatic rings. The van der Waals surface area contributed by atoms with Crippen LogP contribution in [0.1, 0.15) is 55.6 Å². The van der Waals surface area contributed by atoms with Crippen molar-refractivity contribution in [2.24, 2.45) is 5.92 Å². The summed E-state index contributed by atoms with van der Waals surface area (Å²) in [5, 5.41) is 14.9. The molecule has 1 heterocycles. The van der Waals surface area contributed by atoms with Crippen molar-refractivity contribution in [1.29, 1.82) is 0 Å². The average molecular weight is 505 g/mol. The van der Waals surface area contributed by atoms with Crippen molar-refractivity contribution in [1.82, 2.24) is 10.3 Å². The van der Waals surface area contributed by atoms with Crippen LogP contribution in [0, 0.1) is 5.92 Å². The van der Waals surface area contributed by atoms with Gasteiger partial charge in [-0.1, -0.05) is 56.3 Å². The van der Waals surface area contributed by atoms with Gasteiger partial charge in [-0.2, -0.15) is 0 Å². The third kappa shape index (κ3) is 8.20. The molecule has 36 heavy (non-hydrogen) atoms. The zero-order valence-electron chi connectivity index (χ0n) is 21.0. The van der Waals surface area contributed by atoms with E-state index in [0.29, 0.717) is 13.0 Å². The molecule has 7 heteroatoms. The molecule has 1 amide bonds. The predicted octanol–water partition coefficient (Wildman–Crippen LogP) is 6.21. The Morgan fingerprint density at radius 1 is 1.06 bits per heavy atom. The summed E-state index contributed by atoms with van der Waals surface area (Å²) in [6.07, 6.45) is 4.04. The summed E-state index contributed by atoms with van der Waals surface area (Å²) in [7, 11) is 0. The van der Waals surface area contributed by atoms with Gasteiger partial charge in [-0.15, -0.1) is 11.3 Å². The summed E-state index contributed by atoms with van der Waals surface area (Å²) in [6.45, 7) is 7.62. The van der Waals surface area contributed by atoms with Crippen molar-refractivity contribution < 1.29 is 19.4 Å². The Kier molecular flexibility index (Phi) is 9.59. The second-order valence-electron chi connectivity index (χ2n) is 8.97. The summed E-state index contributed by atoms with van der Waals surface area (Å²) in [5.74, 6) is -0.347. The number of aromatic nitrogens is 1. The number of nitrogens with zero attached hydrogens (tertiary/aromatic N) is 1. The van der Waals surface area contributed by atoms with Crippen molar-refractivity contribution in [2.75, 3.05) is 0 Å². The fourth-order valence-electron chi connectivity index (χ4n) is 3.44. The molecule has 0 aliphatic carbocycles. The number of thiazole rings is 1. The van der Waals surface area contributed by atoms with Crippen LogP contribution in [-0.2, 0) is 22.6 Å². The van der Waals surface area contributed by atoms with Crippen LogP contribution in [0.4, 0.5) is 0 Å². The average Bonchev–Trinajstić information content (AvgIpc) is 3.31. The summed E-state index contributed by atoms with van der Waals surface area (Å²) in [4.78, 5) is 28.3. The van der Waals surface area contributed by atoms with E-state index in [9.17, 15) is 9.59 Å². The van der Waals surface area contributed by atoms with E-state index in [1.807, 2.05) is 86.8 Å². The quantitative estimate of drug-likeness (QED) is 0.239. The number of carbonyl (C=O) groups excluding carboxylic acids is 1. The van der Waals surface area contributed by atoms with Crippen LogP contribution in [0.3, 0.4) is 0 Å². The molecular weight excluding hydrogens is 472 g/mol. The SMILES string of the molecule is C/C(=C/C(C)=C/c1csc([C@H](Cc2ccc(OCc3ccccc3)cc2)NC(=O)C(C)C)n1)C(=O)O. The van der Waals surface area contributed by atoms with Crippen molar-refractivity contribution in [3.63, 3.8) is 0 Å². The Morgan fingerprint density at radius 2 is 1.75 bits per heavy atom. The maximum atomic E-state index is 12.5. The lowest BCUT2D eigenvalue weighted by molar-refractivity contribution is -0.132. The van der Waals surface area contributed by atoms with Gasteiger partial charge < -0.3 is 15.2 Å². The number of hydrogen-bond acceptors (Lipinski definition) is 5. The fraction of sp³-hybridized carbons (Fsp3) is 0.276. The molecule has 3 rings (SSSR count). The van der Waals surface area contributed by atoms with Crippen LogP contribution < -0.4 is 10.1 Å². The number of aliphatic carboxylic acids is 1. The largest absolute Gasteiger partial charge is 0.489 e. The van der Waals surface area contributed by atoms with E-state index >= 15 is 0 Å². The second kappa shape index (κ2) is 12.8. The number of rotatable bonds is 11. The molecule has 1 aromatic heterocycles. The van der Waals surface area contributed by atoms with E-state index in [-0.39, 0.29) is 23.4 Å². The van der Waals surface area contributed by atoms with E-state index in [2.05, 4.69) is 5.32 Å². The highest BCUT2D eigenvalue weighted by Gasteiger charge is 2.20. The standard InChI is InChI=1S/C29H32N2O4S/c1-19(2)27(32)31-26(28-30-24(18-36-28)15-20(3)14-21(4)29(33)34)16-22-10-12-25(13-11-22)35-17-23-8-6-5-7-9-23/h5-15,18-19,26H,16-17H2,1-4H3,(H,31,32)(H,33,34)/b20-15+,21-14-/t26-/m0/s1. The predicted molar refractivity (Wildman–Crippen MR) is 144 cm³/mol. The maximum absolute atomic E-state index is 12.5. The summed E-state index contributed by atoms with van der Waals surface area (Å²) in [6, 6.07) is 17.6. The highest BCUT2D eigenvalue weighted by molar-refractivity contribution is 7.09. The molecule has 6 nitrogen and oxygen atoms in total. The van der Waals surface area contributed by atoms with E-state index in [1.165, 1.54) is 11.3 Å². The number of amides is 1. The zero-order chi connectivity index (χ0) is 26.1. The van der Waals surface area contributed by atoms with Gasteiger partial charge in [0.05, 0.1) is 11.7 Å². The van der Waals surface area contributed by atoms with E-state index < -0.39 is 5.97 Å². The molecule has 0 bridgehead atoms. The molecule has 0 aliphatic heterocycles. The minimum atomic E-state index is -0.949. The Morgan fingerprint density at radius 3 is 2.39 bits per heavy atom. The number of carbonyl (C=O) groups is 2. The molecule has 0 fully saturated rings. The maximum Gasteiger partial charge on any atom is 0.331 e. The highest BCUT2D eigenvalue weighted by Crippen LogP contribution is 2.25. The highest BCUT2D eigenvalue weighted by atomic mass is 32.1. The smallest absolute Gasteiger partial charge is 0.331 e. The molecule has 0 radical (unpaired) electrons. The van der Waals surface area contributed by atoms with Gasteiger partial charge in [-0.25, -0.2) is 9.78 Å². The van der Waals surface area contributed by atoms with E-state index in [4.69, 9.17) is 14.8 Å². The van der Waals surface area contributed by atoms with Gasteiger partial charge in [-0.3, -0.25) is 4.79 Å². The summed E-state index contributed by atoms with van der Waals surface area (Å²) < 4.78 is 5.89. The fourth-order valence-corrected chi connectivity index (χ4v) is 4.27. The molecule has 0 spiro atoms. The molecule has 2 N–H and O–H groups in total. The van der Waals surface area contributed by atoms with Crippen LogP contribution in [0.5, 0.6) is 5.75 Å². The molecular formula is C29H32N2O4S. The zero-order valence-corrected chi connectivity index (χ0v) is 21.8. The van der Waals surface area contributed by atoms with Crippen molar-refractivity contribution in [2.45, 2.75) is 46.8 Å². The van der Waals surface area contributed by atoms with E-state index in [1.54, 1.807) is 13.0 Å². The number of hydrogen-bond donors (Lipinski definition) is 2. The first-order chi connectivity index (χ1) is 17.2. The van der Waals surface area contributed by atoms with Crippen molar-refractivity contribution in [3.8, 4) is 5.75 Å². The summed E-state index contributed by atoms with van der Waals surface area (Å²) in [5.41, 5.74) is 3.95. The molecule has 0 saturated heterocycles. The second-order valence-corrected chi connectivity index (χ2v) is 9.86. The number of carboxylic acid groups (broad SMARTS) is 1. The van der Waals surface area contributed by atoms with Gasteiger partial charge in [0.1, 0.15) is 17.4 Å². The Labute approximate surface area is 216 Å². The number of benzene rings is 2. The normalized spacial score (nSPS) is 12.9. The van der Waals surface area contributed by atoms with Crippen LogP contribution >= 0.6 is 11.3 Å². The first kappa shape index (κ1) is 26.9. The van der Waals surface area contributed by atoms with Crippen LogP contribution in [0.15, 0.2) is 77.2 Å². The number of nitrogens with one attached hydrogen (secondary N) is 1.